The SMILES string of the molecule is CCOC(=O)Nc1cccc(C(=O)Nc2ccc(N)cc2)c1.COC(=O)COc1c(Cl)cc(N)cc1Cl.NC(=O)COc1c(Cl)cc(N)cc1Cl. The second-order valence-corrected chi connectivity index (χ2v) is 11.4. The molecule has 272 valence electrons. The van der Waals surface area contributed by atoms with Crippen LogP contribution in [0.15, 0.2) is 72.8 Å². The molecule has 4 rings (SSSR count). The lowest BCUT2D eigenvalue weighted by atomic mass is 10.2. The minimum Gasteiger partial charge on any atom is -0.481 e. The van der Waals surface area contributed by atoms with Crippen LogP contribution in [0.1, 0.15) is 17.3 Å². The highest BCUT2D eigenvalue weighted by Crippen LogP contribution is 2.36. The van der Waals surface area contributed by atoms with Crippen molar-refractivity contribution >= 4 is 98.7 Å². The fraction of sp³-hybridized carbons (Fsp3) is 0.152. The third-order valence-electron chi connectivity index (χ3n) is 5.78. The molecule has 0 fully saturated rings. The molecule has 0 aliphatic carbocycles. The monoisotopic (exact) mass is 782 g/mol. The number of nitrogen functional groups attached to an aromatic ring is 3. The van der Waals surface area contributed by atoms with Gasteiger partial charge in [-0.2, -0.15) is 0 Å². The van der Waals surface area contributed by atoms with Gasteiger partial charge in [0, 0.05) is 34.0 Å². The van der Waals surface area contributed by atoms with Gasteiger partial charge in [0.1, 0.15) is 0 Å². The number of amides is 3. The van der Waals surface area contributed by atoms with Gasteiger partial charge in [0.05, 0.1) is 33.8 Å². The fourth-order valence-corrected chi connectivity index (χ4v) is 4.79. The minimum atomic E-state index is -0.603. The Kier molecular flexibility index (Phi) is 17.3. The van der Waals surface area contributed by atoms with E-state index in [1.807, 2.05) is 0 Å². The number of esters is 1. The molecule has 18 heteroatoms. The summed E-state index contributed by atoms with van der Waals surface area (Å²) in [7, 11) is 1.26. The van der Waals surface area contributed by atoms with Gasteiger partial charge in [-0.3, -0.25) is 14.9 Å². The minimum absolute atomic E-state index is 0.210. The number of benzene rings is 4. The van der Waals surface area contributed by atoms with E-state index in [4.69, 9.17) is 83.5 Å². The average Bonchev–Trinajstić information content (AvgIpc) is 3.05. The highest BCUT2D eigenvalue weighted by molar-refractivity contribution is 6.38. The first-order chi connectivity index (χ1) is 24.1. The Morgan fingerprint density at radius 1 is 0.667 bits per heavy atom. The predicted molar refractivity (Wildman–Crippen MR) is 200 cm³/mol. The molecule has 0 aliphatic heterocycles. The van der Waals surface area contributed by atoms with Gasteiger partial charge in [0.2, 0.25) is 0 Å². The third-order valence-corrected chi connectivity index (χ3v) is 6.90. The molecule has 0 spiro atoms. The summed E-state index contributed by atoms with van der Waals surface area (Å²) in [4.78, 5) is 44.8. The summed E-state index contributed by atoms with van der Waals surface area (Å²) in [5.41, 5.74) is 24.5. The lowest BCUT2D eigenvalue weighted by Crippen LogP contribution is -2.20. The van der Waals surface area contributed by atoms with Crippen molar-refractivity contribution in [2.45, 2.75) is 6.92 Å². The van der Waals surface area contributed by atoms with Crippen molar-refractivity contribution in [3.63, 3.8) is 0 Å². The van der Waals surface area contributed by atoms with Crippen LogP contribution in [0.25, 0.3) is 0 Å². The lowest BCUT2D eigenvalue weighted by Gasteiger charge is -2.09. The lowest BCUT2D eigenvalue weighted by molar-refractivity contribution is -0.142. The number of carbonyl (C=O) groups is 4. The molecule has 0 aliphatic rings. The number of anilines is 5. The van der Waals surface area contributed by atoms with Crippen molar-refractivity contribution in [1.29, 1.82) is 0 Å². The van der Waals surface area contributed by atoms with Crippen molar-refractivity contribution in [2.75, 3.05) is 54.8 Å². The first-order valence-electron chi connectivity index (χ1n) is 14.4. The van der Waals surface area contributed by atoms with Crippen LogP contribution in [0, 0.1) is 0 Å². The predicted octanol–water partition coefficient (Wildman–Crippen LogP) is 6.66. The first kappa shape index (κ1) is 41.9. The van der Waals surface area contributed by atoms with Crippen LogP contribution in [-0.2, 0) is 19.1 Å². The van der Waals surface area contributed by atoms with Gasteiger partial charge in [-0.05, 0) is 73.7 Å². The number of ether oxygens (including phenoxy) is 4. The third kappa shape index (κ3) is 15.0. The zero-order valence-corrected chi connectivity index (χ0v) is 30.2. The van der Waals surface area contributed by atoms with Crippen molar-refractivity contribution in [3.8, 4) is 11.5 Å². The van der Waals surface area contributed by atoms with E-state index in [1.165, 1.54) is 31.4 Å². The molecule has 0 aromatic heterocycles. The number of nitrogens with one attached hydrogen (secondary N) is 2. The maximum absolute atomic E-state index is 12.2. The van der Waals surface area contributed by atoms with E-state index in [0.717, 1.165) is 0 Å². The summed E-state index contributed by atoms with van der Waals surface area (Å²) in [6.07, 6.45) is -0.557. The zero-order chi connectivity index (χ0) is 38.1. The van der Waals surface area contributed by atoms with E-state index in [-0.39, 0.29) is 57.3 Å². The maximum atomic E-state index is 12.2. The Morgan fingerprint density at radius 2 is 1.18 bits per heavy atom. The van der Waals surface area contributed by atoms with Gasteiger partial charge in [-0.15, -0.1) is 0 Å². The van der Waals surface area contributed by atoms with Gasteiger partial charge in [0.25, 0.3) is 11.8 Å². The molecule has 0 saturated carbocycles. The van der Waals surface area contributed by atoms with Crippen molar-refractivity contribution in [2.24, 2.45) is 5.73 Å². The molecule has 0 saturated heterocycles. The van der Waals surface area contributed by atoms with E-state index in [1.54, 1.807) is 55.5 Å². The number of rotatable bonds is 10. The normalized spacial score (nSPS) is 9.84. The van der Waals surface area contributed by atoms with Crippen LogP contribution >= 0.6 is 46.4 Å². The van der Waals surface area contributed by atoms with E-state index in [0.29, 0.717) is 34.0 Å². The number of hydrogen-bond donors (Lipinski definition) is 6. The number of primary amides is 1. The number of methoxy groups -OCH3 is 1. The molecular formula is C33H34Cl4N6O8. The summed E-state index contributed by atoms with van der Waals surface area (Å²) in [5.74, 6) is -0.968. The number of carbonyl (C=O) groups excluding carboxylic acids is 4. The molecule has 0 unspecified atom stereocenters. The second-order valence-electron chi connectivity index (χ2n) is 9.75. The Hall–Kier alpha value is -5.28. The second kappa shape index (κ2) is 21.1. The van der Waals surface area contributed by atoms with Gasteiger partial charge in [0.15, 0.2) is 24.7 Å². The highest BCUT2D eigenvalue weighted by atomic mass is 35.5. The smallest absolute Gasteiger partial charge is 0.411 e. The van der Waals surface area contributed by atoms with Crippen LogP contribution in [0.5, 0.6) is 11.5 Å². The summed E-state index contributed by atoms with van der Waals surface area (Å²) >= 11 is 23.2. The molecule has 3 amide bonds. The molecular weight excluding hydrogens is 750 g/mol. The molecule has 0 bridgehead atoms. The Balaban J connectivity index is 0.000000275. The van der Waals surface area contributed by atoms with Gasteiger partial charge < -0.3 is 47.2 Å². The quantitative estimate of drug-likeness (QED) is 0.0735. The zero-order valence-electron chi connectivity index (χ0n) is 27.1. The fourth-order valence-electron chi connectivity index (χ4n) is 3.56. The Bertz CT molecular complexity index is 1780. The number of halogens is 4. The van der Waals surface area contributed by atoms with Crippen molar-refractivity contribution < 1.29 is 38.1 Å². The van der Waals surface area contributed by atoms with Crippen molar-refractivity contribution in [3.05, 3.63) is 98.5 Å². The first-order valence-corrected chi connectivity index (χ1v) is 15.9. The number of nitrogens with two attached hydrogens (primary N) is 4. The molecule has 0 radical (unpaired) electrons. The summed E-state index contributed by atoms with van der Waals surface area (Å²) in [6.45, 7) is 1.47. The summed E-state index contributed by atoms with van der Waals surface area (Å²) in [5, 5.41) is 6.30. The topological polar surface area (TPSA) is 233 Å². The van der Waals surface area contributed by atoms with Crippen LogP contribution in [-0.4, -0.2) is 50.8 Å². The largest absolute Gasteiger partial charge is 0.481 e. The van der Waals surface area contributed by atoms with E-state index < -0.39 is 18.0 Å². The van der Waals surface area contributed by atoms with E-state index in [9.17, 15) is 19.2 Å². The van der Waals surface area contributed by atoms with Crippen LogP contribution < -0.4 is 43.0 Å². The standard InChI is InChI=1S/C16H17N3O3.C9H9Cl2NO3.C8H8Cl2N2O2/c1-2-22-16(21)19-14-5-3-4-11(10-14)15(20)18-13-8-6-12(17)7-9-13;1-14-8(13)4-15-9-6(10)2-5(12)3-7(9)11;9-5-1-4(11)2-6(10)8(5)14-3-7(12)13/h3-10H,2,17H2,1H3,(H,18,20)(H,19,21);2-3H,4,12H2,1H3;1-2H,3,11H2,(H2,12,13). The van der Waals surface area contributed by atoms with E-state index in [2.05, 4.69) is 15.4 Å². The molecule has 0 atom stereocenters. The molecule has 4 aromatic carbocycles. The molecule has 10 N–H and O–H groups in total. The van der Waals surface area contributed by atoms with Gasteiger partial charge in [-0.1, -0.05) is 52.5 Å². The van der Waals surface area contributed by atoms with Crippen LogP contribution in [0.2, 0.25) is 20.1 Å². The number of hydrogen-bond acceptors (Lipinski definition) is 11. The molecule has 14 nitrogen and oxygen atoms in total. The van der Waals surface area contributed by atoms with Gasteiger partial charge >= 0.3 is 12.1 Å². The highest BCUT2D eigenvalue weighted by Gasteiger charge is 2.12. The van der Waals surface area contributed by atoms with Gasteiger partial charge in [-0.25, -0.2) is 9.59 Å². The van der Waals surface area contributed by atoms with Crippen LogP contribution in [0.3, 0.4) is 0 Å². The van der Waals surface area contributed by atoms with E-state index >= 15 is 0 Å². The van der Waals surface area contributed by atoms with Crippen LogP contribution in [0.4, 0.5) is 33.2 Å². The summed E-state index contributed by atoms with van der Waals surface area (Å²) in [6, 6.07) is 19.3. The average molecular weight is 784 g/mol. The summed E-state index contributed by atoms with van der Waals surface area (Å²) < 4.78 is 19.3. The molecule has 51 heavy (non-hydrogen) atoms. The Morgan fingerprint density at radius 3 is 1.65 bits per heavy atom. The molecule has 4 aromatic rings. The van der Waals surface area contributed by atoms with Crippen molar-refractivity contribution in [1.82, 2.24) is 0 Å². The maximum Gasteiger partial charge on any atom is 0.411 e. The molecule has 0 heterocycles. The Labute approximate surface area is 313 Å².